The lowest BCUT2D eigenvalue weighted by Crippen LogP contribution is -2.43. The molecule has 2 aliphatic heterocycles. The van der Waals surface area contributed by atoms with Crippen molar-refractivity contribution in [2.45, 2.75) is 25.2 Å². The van der Waals surface area contributed by atoms with Crippen LogP contribution in [0.3, 0.4) is 0 Å². The molecular formula is C19H25N3O3. The van der Waals surface area contributed by atoms with Crippen LogP contribution in [0.5, 0.6) is 5.75 Å². The fourth-order valence-electron chi connectivity index (χ4n) is 4.16. The minimum absolute atomic E-state index is 0.0467. The van der Waals surface area contributed by atoms with Gasteiger partial charge in [-0.2, -0.15) is 0 Å². The largest absolute Gasteiger partial charge is 0.508 e. The van der Waals surface area contributed by atoms with Crippen molar-refractivity contribution in [1.29, 1.82) is 0 Å². The van der Waals surface area contributed by atoms with Gasteiger partial charge < -0.3 is 20.2 Å². The first-order valence-corrected chi connectivity index (χ1v) is 9.22. The van der Waals surface area contributed by atoms with Gasteiger partial charge in [-0.3, -0.25) is 4.79 Å². The predicted octanol–water partition coefficient (Wildman–Crippen LogP) is 1.76. The van der Waals surface area contributed by atoms with Crippen LogP contribution >= 0.6 is 0 Å². The van der Waals surface area contributed by atoms with Crippen molar-refractivity contribution in [2.24, 2.45) is 11.8 Å². The molecule has 6 heteroatoms. The maximum atomic E-state index is 12.7. The summed E-state index contributed by atoms with van der Waals surface area (Å²) in [4.78, 5) is 28.3. The maximum absolute atomic E-state index is 12.7. The number of likely N-dealkylation sites (tertiary alicyclic amines) is 1. The van der Waals surface area contributed by atoms with E-state index in [0.29, 0.717) is 5.92 Å². The van der Waals surface area contributed by atoms with Gasteiger partial charge in [-0.25, -0.2) is 4.79 Å². The number of amides is 3. The van der Waals surface area contributed by atoms with E-state index in [2.05, 4.69) is 5.32 Å². The zero-order valence-electron chi connectivity index (χ0n) is 14.4. The Hall–Kier alpha value is -2.24. The second kappa shape index (κ2) is 6.58. The Bertz CT molecular complexity index is 670. The summed E-state index contributed by atoms with van der Waals surface area (Å²) in [7, 11) is 0. The third-order valence-electron chi connectivity index (χ3n) is 5.76. The number of rotatable bonds is 4. The molecule has 1 aromatic carbocycles. The van der Waals surface area contributed by atoms with Crippen LogP contribution in [0, 0.1) is 11.8 Å². The van der Waals surface area contributed by atoms with E-state index in [-0.39, 0.29) is 29.5 Å². The van der Waals surface area contributed by atoms with E-state index in [4.69, 9.17) is 0 Å². The Morgan fingerprint density at radius 1 is 1.24 bits per heavy atom. The van der Waals surface area contributed by atoms with Crippen molar-refractivity contribution in [1.82, 2.24) is 15.1 Å². The van der Waals surface area contributed by atoms with Gasteiger partial charge in [-0.15, -0.1) is 0 Å². The highest BCUT2D eigenvalue weighted by Gasteiger charge is 2.46. The van der Waals surface area contributed by atoms with Gasteiger partial charge in [-0.1, -0.05) is 12.1 Å². The SMILES string of the molecule is O=C1NCCN1CC1CCN(C(=O)[C@@H]2C[C@H]2c2cccc(O)c2)CC1. The lowest BCUT2D eigenvalue weighted by Gasteiger charge is -2.33. The molecule has 3 fully saturated rings. The van der Waals surface area contributed by atoms with Crippen LogP contribution in [0.15, 0.2) is 24.3 Å². The van der Waals surface area contributed by atoms with Gasteiger partial charge in [-0.05, 0) is 48.8 Å². The van der Waals surface area contributed by atoms with E-state index in [1.54, 1.807) is 12.1 Å². The number of nitrogens with one attached hydrogen (secondary N) is 1. The molecule has 3 amide bonds. The lowest BCUT2D eigenvalue weighted by atomic mass is 9.95. The van der Waals surface area contributed by atoms with E-state index in [1.165, 1.54) is 0 Å². The molecule has 2 N–H and O–H groups in total. The fraction of sp³-hybridized carbons (Fsp3) is 0.579. The van der Waals surface area contributed by atoms with E-state index in [9.17, 15) is 14.7 Å². The van der Waals surface area contributed by atoms with Crippen LogP contribution in [0.2, 0.25) is 0 Å². The van der Waals surface area contributed by atoms with Crippen molar-refractivity contribution in [2.75, 3.05) is 32.7 Å². The van der Waals surface area contributed by atoms with Gasteiger partial charge in [0.2, 0.25) is 5.91 Å². The molecule has 6 nitrogen and oxygen atoms in total. The molecule has 1 aliphatic carbocycles. The van der Waals surface area contributed by atoms with Crippen LogP contribution in [0.1, 0.15) is 30.7 Å². The number of nitrogens with zero attached hydrogens (tertiary/aromatic N) is 2. The molecule has 1 aromatic rings. The number of hydrogen-bond acceptors (Lipinski definition) is 3. The van der Waals surface area contributed by atoms with Crippen LogP contribution < -0.4 is 5.32 Å². The smallest absolute Gasteiger partial charge is 0.317 e. The molecule has 2 heterocycles. The van der Waals surface area contributed by atoms with E-state index < -0.39 is 0 Å². The van der Waals surface area contributed by atoms with Crippen molar-refractivity contribution in [3.63, 3.8) is 0 Å². The zero-order chi connectivity index (χ0) is 17.4. The van der Waals surface area contributed by atoms with Crippen molar-refractivity contribution < 1.29 is 14.7 Å². The monoisotopic (exact) mass is 343 g/mol. The number of phenols is 1. The summed E-state index contributed by atoms with van der Waals surface area (Å²) in [6.07, 6.45) is 2.83. The van der Waals surface area contributed by atoms with Gasteiger partial charge in [0.1, 0.15) is 5.75 Å². The molecule has 0 bridgehead atoms. The maximum Gasteiger partial charge on any atom is 0.317 e. The second-order valence-electron chi connectivity index (χ2n) is 7.49. The van der Waals surface area contributed by atoms with Crippen LogP contribution in [-0.4, -0.2) is 59.6 Å². The molecule has 2 saturated heterocycles. The summed E-state index contributed by atoms with van der Waals surface area (Å²) in [5.74, 6) is 1.34. The molecule has 3 aliphatic rings. The first-order valence-electron chi connectivity index (χ1n) is 9.22. The summed E-state index contributed by atoms with van der Waals surface area (Å²) >= 11 is 0. The first kappa shape index (κ1) is 16.2. The molecule has 1 saturated carbocycles. The molecular weight excluding hydrogens is 318 g/mol. The fourth-order valence-corrected chi connectivity index (χ4v) is 4.16. The van der Waals surface area contributed by atoms with Crippen LogP contribution in [0.4, 0.5) is 4.79 Å². The number of aromatic hydroxyl groups is 1. The molecule has 0 unspecified atom stereocenters. The zero-order valence-corrected chi connectivity index (χ0v) is 14.4. The molecule has 0 aromatic heterocycles. The van der Waals surface area contributed by atoms with Gasteiger partial charge in [0, 0.05) is 38.6 Å². The summed E-state index contributed by atoms with van der Waals surface area (Å²) < 4.78 is 0. The number of carbonyl (C=O) groups is 2. The van der Waals surface area contributed by atoms with Crippen molar-refractivity contribution >= 4 is 11.9 Å². The third-order valence-corrected chi connectivity index (χ3v) is 5.76. The molecule has 25 heavy (non-hydrogen) atoms. The third kappa shape index (κ3) is 3.43. The van der Waals surface area contributed by atoms with Gasteiger partial charge in [0.25, 0.3) is 0 Å². The second-order valence-corrected chi connectivity index (χ2v) is 7.49. The molecule has 2 atom stereocenters. The number of hydrogen-bond donors (Lipinski definition) is 2. The minimum Gasteiger partial charge on any atom is -0.508 e. The predicted molar refractivity (Wildman–Crippen MR) is 93.2 cm³/mol. The van der Waals surface area contributed by atoms with Gasteiger partial charge in [0.15, 0.2) is 0 Å². The standard InChI is InChI=1S/C19H25N3O3/c23-15-3-1-2-14(10-15)16-11-17(16)18(24)21-7-4-13(5-8-21)12-22-9-6-20-19(22)25/h1-3,10,13,16-17,23H,4-9,11-12H2,(H,20,25)/t16-,17+/m0/s1. The number of piperidine rings is 1. The molecule has 4 rings (SSSR count). The summed E-state index contributed by atoms with van der Waals surface area (Å²) in [5.41, 5.74) is 1.06. The van der Waals surface area contributed by atoms with Crippen LogP contribution in [-0.2, 0) is 4.79 Å². The minimum atomic E-state index is 0.0467. The first-order chi connectivity index (χ1) is 12.1. The number of carbonyl (C=O) groups excluding carboxylic acids is 2. The Balaban J connectivity index is 1.27. The molecule has 0 radical (unpaired) electrons. The lowest BCUT2D eigenvalue weighted by molar-refractivity contribution is -0.134. The Morgan fingerprint density at radius 3 is 2.72 bits per heavy atom. The highest BCUT2D eigenvalue weighted by molar-refractivity contribution is 5.83. The summed E-state index contributed by atoms with van der Waals surface area (Å²) in [6, 6.07) is 7.31. The van der Waals surface area contributed by atoms with Crippen molar-refractivity contribution in [3.05, 3.63) is 29.8 Å². The molecule has 134 valence electrons. The van der Waals surface area contributed by atoms with Gasteiger partial charge >= 0.3 is 6.03 Å². The van der Waals surface area contributed by atoms with Gasteiger partial charge in [0.05, 0.1) is 0 Å². The Kier molecular flexibility index (Phi) is 4.27. The van der Waals surface area contributed by atoms with Crippen LogP contribution in [0.25, 0.3) is 0 Å². The number of phenolic OH excluding ortho intramolecular Hbond substituents is 1. The average Bonchev–Trinajstić information content (AvgIpc) is 3.32. The topological polar surface area (TPSA) is 72.9 Å². The number of benzene rings is 1. The average molecular weight is 343 g/mol. The Labute approximate surface area is 147 Å². The number of urea groups is 1. The summed E-state index contributed by atoms with van der Waals surface area (Å²) in [6.45, 7) is 3.94. The van der Waals surface area contributed by atoms with E-state index in [1.807, 2.05) is 21.9 Å². The van der Waals surface area contributed by atoms with E-state index >= 15 is 0 Å². The molecule has 0 spiro atoms. The summed E-state index contributed by atoms with van der Waals surface area (Å²) in [5, 5.41) is 12.4. The quantitative estimate of drug-likeness (QED) is 0.875. The normalized spacial score (nSPS) is 26.6. The highest BCUT2D eigenvalue weighted by Crippen LogP contribution is 2.49. The highest BCUT2D eigenvalue weighted by atomic mass is 16.3. The Morgan fingerprint density at radius 2 is 2.04 bits per heavy atom. The van der Waals surface area contributed by atoms with E-state index in [0.717, 1.165) is 57.5 Å². The van der Waals surface area contributed by atoms with Crippen molar-refractivity contribution in [3.8, 4) is 5.75 Å².